The molecule has 1 aromatic heterocycles. The first kappa shape index (κ1) is 37.4. The van der Waals surface area contributed by atoms with Crippen LogP contribution in [-0.2, 0) is 19.2 Å². The molecule has 12 nitrogen and oxygen atoms in total. The summed E-state index contributed by atoms with van der Waals surface area (Å²) in [6.07, 6.45) is 3.84. The fourth-order valence-corrected chi connectivity index (χ4v) is 6.48. The number of pyridine rings is 1. The number of piperidine rings is 1. The van der Waals surface area contributed by atoms with Crippen molar-refractivity contribution < 1.29 is 28.8 Å². The van der Waals surface area contributed by atoms with Gasteiger partial charge in [0.25, 0.3) is 5.91 Å². The number of likely N-dealkylation sites (tertiary alicyclic amines) is 1. The predicted molar refractivity (Wildman–Crippen MR) is 178 cm³/mol. The van der Waals surface area contributed by atoms with Crippen molar-refractivity contribution in [3.8, 4) is 0 Å². The molecule has 1 saturated heterocycles. The Morgan fingerprint density at radius 1 is 1.09 bits per heavy atom. The highest BCUT2D eigenvalue weighted by atomic mass is 16.2. The number of carbonyl (C=O) groups excluding carboxylic acids is 6. The summed E-state index contributed by atoms with van der Waals surface area (Å²) < 4.78 is 0. The van der Waals surface area contributed by atoms with Crippen LogP contribution in [0.3, 0.4) is 0 Å². The molecule has 1 unspecified atom stereocenters. The van der Waals surface area contributed by atoms with E-state index >= 15 is 0 Å². The summed E-state index contributed by atoms with van der Waals surface area (Å²) in [5, 5.41) is 11.0. The third-order valence-corrected chi connectivity index (χ3v) is 9.47. The van der Waals surface area contributed by atoms with Gasteiger partial charge in [-0.25, -0.2) is 4.79 Å². The standard InChI is InChI=1S/C35H52N6O6/c1-10-14-23(28(43)31(45)37-16-11-2)38-30(44)27-26-21(35(26,8)9)19-41(27)32(46)29(34(5,6)7)40-33(47)39-24(20(3)4)18-25(42)22-15-12-13-17-36-22/h11-13,15,17,20-21,23-24,26-27,29H,2,10,14,16,18-19H2,1,3-9H3,(H,37,45)(H,38,44)(H2,39,40,47)/t21-,23?,24+,26-,27-,29+/m0/s1. The quantitative estimate of drug-likeness (QED) is 0.128. The molecule has 258 valence electrons. The Hall–Kier alpha value is -4.09. The number of nitrogens with zero attached hydrogens (tertiary/aromatic N) is 2. The van der Waals surface area contributed by atoms with E-state index in [4.69, 9.17) is 0 Å². The number of fused-ring (bicyclic) bond motifs is 1. The Morgan fingerprint density at radius 2 is 1.77 bits per heavy atom. The number of nitrogens with one attached hydrogen (secondary N) is 4. The van der Waals surface area contributed by atoms with E-state index in [1.807, 2.05) is 55.4 Å². The molecule has 1 aliphatic heterocycles. The van der Waals surface area contributed by atoms with Crippen molar-refractivity contribution in [2.75, 3.05) is 13.1 Å². The molecule has 0 bridgehead atoms. The molecular weight excluding hydrogens is 600 g/mol. The van der Waals surface area contributed by atoms with Gasteiger partial charge < -0.3 is 26.2 Å². The maximum Gasteiger partial charge on any atom is 0.315 e. The van der Waals surface area contributed by atoms with Gasteiger partial charge in [-0.15, -0.1) is 6.58 Å². The number of rotatable bonds is 15. The average molecular weight is 653 g/mol. The van der Waals surface area contributed by atoms with Crippen LogP contribution < -0.4 is 21.3 Å². The summed E-state index contributed by atoms with van der Waals surface area (Å²) in [5.41, 5.74) is -0.626. The van der Waals surface area contributed by atoms with Gasteiger partial charge in [-0.2, -0.15) is 0 Å². The SMILES string of the molecule is C=CCNC(=O)C(=O)C(CCC)NC(=O)[C@@H]1[C@@H]2[C@H](CN1C(=O)[C@@H](NC(=O)N[C@H](CC(=O)c1ccccn1)C(C)C)C(C)(C)C)C2(C)C. The topological polar surface area (TPSA) is 167 Å². The molecule has 4 N–H and O–H groups in total. The van der Waals surface area contributed by atoms with Crippen LogP contribution in [0, 0.1) is 28.6 Å². The monoisotopic (exact) mass is 652 g/mol. The lowest BCUT2D eigenvalue weighted by atomic mass is 9.85. The highest BCUT2D eigenvalue weighted by Crippen LogP contribution is 2.65. The largest absolute Gasteiger partial charge is 0.346 e. The number of aromatic nitrogens is 1. The minimum atomic E-state index is -1.04. The van der Waals surface area contributed by atoms with E-state index in [1.165, 1.54) is 17.2 Å². The van der Waals surface area contributed by atoms with Crippen LogP contribution in [-0.4, -0.2) is 82.5 Å². The van der Waals surface area contributed by atoms with Crippen LogP contribution >= 0.6 is 0 Å². The zero-order valence-corrected chi connectivity index (χ0v) is 29.0. The Kier molecular flexibility index (Phi) is 12.1. The summed E-state index contributed by atoms with van der Waals surface area (Å²) >= 11 is 0. The molecule has 1 saturated carbocycles. The molecule has 2 aliphatic rings. The first-order valence-electron chi connectivity index (χ1n) is 16.5. The highest BCUT2D eigenvalue weighted by Gasteiger charge is 2.70. The Morgan fingerprint density at radius 3 is 2.32 bits per heavy atom. The maximum absolute atomic E-state index is 14.3. The number of hydrogen-bond acceptors (Lipinski definition) is 7. The van der Waals surface area contributed by atoms with E-state index < -0.39 is 59.1 Å². The van der Waals surface area contributed by atoms with Crippen LogP contribution in [0.5, 0.6) is 0 Å². The van der Waals surface area contributed by atoms with Gasteiger partial charge in [-0.05, 0) is 47.1 Å². The molecule has 1 aromatic rings. The molecule has 2 heterocycles. The Balaban J connectivity index is 1.79. The molecule has 2 fully saturated rings. The molecule has 1 aliphatic carbocycles. The van der Waals surface area contributed by atoms with Crippen molar-refractivity contribution in [2.24, 2.45) is 28.6 Å². The van der Waals surface area contributed by atoms with Gasteiger partial charge in [-0.1, -0.05) is 74.0 Å². The number of hydrogen-bond donors (Lipinski definition) is 4. The molecular formula is C35H52N6O6. The molecule has 47 heavy (non-hydrogen) atoms. The first-order chi connectivity index (χ1) is 21.9. The molecule has 3 rings (SSSR count). The van der Waals surface area contributed by atoms with E-state index in [0.717, 1.165) is 0 Å². The maximum atomic E-state index is 14.3. The number of urea groups is 1. The van der Waals surface area contributed by atoms with Gasteiger partial charge in [0.1, 0.15) is 17.8 Å². The second-order valence-corrected chi connectivity index (χ2v) is 14.7. The first-order valence-corrected chi connectivity index (χ1v) is 16.5. The van der Waals surface area contributed by atoms with Crippen LogP contribution in [0.25, 0.3) is 0 Å². The highest BCUT2D eigenvalue weighted by molar-refractivity contribution is 6.38. The molecule has 6 atom stereocenters. The van der Waals surface area contributed by atoms with Crippen molar-refractivity contribution in [3.05, 3.63) is 42.7 Å². The zero-order valence-electron chi connectivity index (χ0n) is 29.0. The minimum Gasteiger partial charge on any atom is -0.346 e. The van der Waals surface area contributed by atoms with Crippen molar-refractivity contribution in [3.63, 3.8) is 0 Å². The summed E-state index contributed by atoms with van der Waals surface area (Å²) in [4.78, 5) is 85.4. The molecule has 0 aromatic carbocycles. The third kappa shape index (κ3) is 8.84. The van der Waals surface area contributed by atoms with Crippen molar-refractivity contribution in [1.29, 1.82) is 0 Å². The number of Topliss-reactive ketones (excluding diaryl/α,β-unsaturated/α-hetero) is 2. The van der Waals surface area contributed by atoms with Crippen molar-refractivity contribution in [1.82, 2.24) is 31.2 Å². The van der Waals surface area contributed by atoms with E-state index in [0.29, 0.717) is 18.7 Å². The van der Waals surface area contributed by atoms with Gasteiger partial charge in [0.15, 0.2) is 5.78 Å². The van der Waals surface area contributed by atoms with Gasteiger partial charge in [0, 0.05) is 31.7 Å². The Bertz CT molecular complexity index is 1350. The van der Waals surface area contributed by atoms with Crippen LogP contribution in [0.4, 0.5) is 4.79 Å². The lowest BCUT2D eigenvalue weighted by molar-refractivity contribution is -0.145. The van der Waals surface area contributed by atoms with Gasteiger partial charge in [-0.3, -0.25) is 29.0 Å². The minimum absolute atomic E-state index is 0.0340. The summed E-state index contributed by atoms with van der Waals surface area (Å²) in [5.74, 6) is -2.84. The number of amides is 5. The second-order valence-electron chi connectivity index (χ2n) is 14.7. The molecule has 0 radical (unpaired) electrons. The Labute approximate surface area is 278 Å². The normalized spacial score (nSPS) is 21.5. The predicted octanol–water partition coefficient (Wildman–Crippen LogP) is 3.03. The average Bonchev–Trinajstić information content (AvgIpc) is 3.32. The van der Waals surface area contributed by atoms with Crippen LogP contribution in [0.15, 0.2) is 37.1 Å². The van der Waals surface area contributed by atoms with Crippen molar-refractivity contribution >= 4 is 35.3 Å². The number of carbonyl (C=O) groups is 6. The summed E-state index contributed by atoms with van der Waals surface area (Å²) in [7, 11) is 0. The van der Waals surface area contributed by atoms with E-state index in [1.54, 1.807) is 18.2 Å². The molecule has 5 amide bonds. The lowest BCUT2D eigenvalue weighted by Crippen LogP contribution is -2.62. The second kappa shape index (κ2) is 15.2. The van der Waals surface area contributed by atoms with Crippen LogP contribution in [0.1, 0.15) is 85.1 Å². The molecule has 0 spiro atoms. The van der Waals surface area contributed by atoms with E-state index in [-0.39, 0.29) is 48.3 Å². The van der Waals surface area contributed by atoms with Crippen LogP contribution in [0.2, 0.25) is 0 Å². The summed E-state index contributed by atoms with van der Waals surface area (Å²) in [6, 6.07) is 1.03. The van der Waals surface area contributed by atoms with Gasteiger partial charge in [0.05, 0.1) is 6.04 Å². The summed E-state index contributed by atoms with van der Waals surface area (Å²) in [6.45, 7) is 19.2. The molecule has 12 heteroatoms. The van der Waals surface area contributed by atoms with Gasteiger partial charge >= 0.3 is 6.03 Å². The number of ketones is 2. The van der Waals surface area contributed by atoms with Crippen molar-refractivity contribution in [2.45, 2.75) is 98.8 Å². The lowest BCUT2D eigenvalue weighted by Gasteiger charge is -2.38. The zero-order chi connectivity index (χ0) is 35.3. The van der Waals surface area contributed by atoms with E-state index in [2.05, 4.69) is 32.8 Å². The fourth-order valence-electron chi connectivity index (χ4n) is 6.48. The smallest absolute Gasteiger partial charge is 0.315 e. The van der Waals surface area contributed by atoms with Gasteiger partial charge in [0.2, 0.25) is 17.6 Å². The van der Waals surface area contributed by atoms with E-state index in [9.17, 15) is 28.8 Å². The fraction of sp³-hybridized carbons (Fsp3) is 0.629. The third-order valence-electron chi connectivity index (χ3n) is 9.47.